The van der Waals surface area contributed by atoms with E-state index in [4.69, 9.17) is 9.26 Å². The Bertz CT molecular complexity index is 562. The summed E-state index contributed by atoms with van der Waals surface area (Å²) in [6, 6.07) is 10.7. The van der Waals surface area contributed by atoms with Crippen molar-refractivity contribution >= 4 is 0 Å². The number of benzene rings is 1. The molecule has 1 saturated heterocycles. The van der Waals surface area contributed by atoms with Crippen molar-refractivity contribution in [2.45, 2.75) is 32.4 Å². The van der Waals surface area contributed by atoms with Gasteiger partial charge in [0.15, 0.2) is 0 Å². The molecule has 0 bridgehead atoms. The first-order valence-electron chi connectivity index (χ1n) is 7.06. The standard InChI is InChI=1S/C16H20N2O2/c1-12-10-15(17-20-12)16-4-3-9-18(16)11-13-5-7-14(19-2)8-6-13/h5-8,10,16H,3-4,9,11H2,1-2H3/t16-/m0/s1. The summed E-state index contributed by atoms with van der Waals surface area (Å²) in [6.07, 6.45) is 2.37. The van der Waals surface area contributed by atoms with E-state index in [1.807, 2.05) is 19.1 Å². The second-order valence-electron chi connectivity index (χ2n) is 5.34. The predicted octanol–water partition coefficient (Wildman–Crippen LogP) is 3.33. The number of nitrogens with zero attached hydrogens (tertiary/aromatic N) is 2. The SMILES string of the molecule is COc1ccc(CN2CCC[C@H]2c2cc(C)on2)cc1. The van der Waals surface area contributed by atoms with E-state index in [1.54, 1.807) is 7.11 Å². The molecule has 0 saturated carbocycles. The number of aryl methyl sites for hydroxylation is 1. The largest absolute Gasteiger partial charge is 0.497 e. The van der Waals surface area contributed by atoms with Gasteiger partial charge in [-0.25, -0.2) is 0 Å². The number of hydrogen-bond acceptors (Lipinski definition) is 4. The molecule has 1 atom stereocenters. The van der Waals surface area contributed by atoms with Crippen molar-refractivity contribution < 1.29 is 9.26 Å². The van der Waals surface area contributed by atoms with Crippen LogP contribution in [0.25, 0.3) is 0 Å². The van der Waals surface area contributed by atoms with Crippen LogP contribution in [-0.4, -0.2) is 23.7 Å². The van der Waals surface area contributed by atoms with E-state index in [9.17, 15) is 0 Å². The molecule has 0 spiro atoms. The van der Waals surface area contributed by atoms with Crippen molar-refractivity contribution in [3.05, 3.63) is 47.3 Å². The Kier molecular flexibility index (Phi) is 3.74. The molecule has 0 N–H and O–H groups in total. The molecule has 4 heteroatoms. The summed E-state index contributed by atoms with van der Waals surface area (Å²) in [7, 11) is 1.69. The van der Waals surface area contributed by atoms with Gasteiger partial charge in [0.1, 0.15) is 17.2 Å². The van der Waals surface area contributed by atoms with Crippen LogP contribution in [0.2, 0.25) is 0 Å². The highest BCUT2D eigenvalue weighted by Crippen LogP contribution is 2.32. The molecule has 1 aliphatic rings. The van der Waals surface area contributed by atoms with E-state index in [-0.39, 0.29) is 0 Å². The van der Waals surface area contributed by atoms with Crippen molar-refractivity contribution in [2.24, 2.45) is 0 Å². The van der Waals surface area contributed by atoms with Gasteiger partial charge in [-0.15, -0.1) is 0 Å². The topological polar surface area (TPSA) is 38.5 Å². The van der Waals surface area contributed by atoms with Gasteiger partial charge in [-0.05, 0) is 44.0 Å². The molecule has 1 aromatic carbocycles. The molecular formula is C16H20N2O2. The number of likely N-dealkylation sites (tertiary alicyclic amines) is 1. The zero-order valence-corrected chi connectivity index (χ0v) is 12.0. The first-order chi connectivity index (χ1) is 9.76. The molecule has 1 fully saturated rings. The van der Waals surface area contributed by atoms with Gasteiger partial charge in [0.05, 0.1) is 13.2 Å². The molecular weight excluding hydrogens is 252 g/mol. The van der Waals surface area contributed by atoms with E-state index in [1.165, 1.54) is 12.0 Å². The third-order valence-electron chi connectivity index (χ3n) is 3.90. The number of rotatable bonds is 4. The van der Waals surface area contributed by atoms with Crippen molar-refractivity contribution in [2.75, 3.05) is 13.7 Å². The Morgan fingerprint density at radius 3 is 2.80 bits per heavy atom. The third-order valence-corrected chi connectivity index (χ3v) is 3.90. The lowest BCUT2D eigenvalue weighted by molar-refractivity contribution is 0.236. The van der Waals surface area contributed by atoms with E-state index in [2.05, 4.69) is 28.3 Å². The minimum atomic E-state index is 0.384. The average Bonchev–Trinajstić information content (AvgIpc) is 3.08. The van der Waals surface area contributed by atoms with Crippen molar-refractivity contribution in [1.82, 2.24) is 10.1 Å². The molecule has 0 amide bonds. The number of hydrogen-bond donors (Lipinski definition) is 0. The van der Waals surface area contributed by atoms with Crippen LogP contribution in [0.15, 0.2) is 34.9 Å². The highest BCUT2D eigenvalue weighted by molar-refractivity contribution is 5.27. The van der Waals surface area contributed by atoms with E-state index >= 15 is 0 Å². The maximum absolute atomic E-state index is 5.21. The van der Waals surface area contributed by atoms with E-state index in [0.717, 1.165) is 36.7 Å². The van der Waals surface area contributed by atoms with Crippen LogP contribution in [0, 0.1) is 6.92 Å². The minimum Gasteiger partial charge on any atom is -0.497 e. The lowest BCUT2D eigenvalue weighted by Gasteiger charge is -2.22. The molecule has 4 nitrogen and oxygen atoms in total. The smallest absolute Gasteiger partial charge is 0.133 e. The maximum atomic E-state index is 5.21. The number of methoxy groups -OCH3 is 1. The second kappa shape index (κ2) is 5.67. The highest BCUT2D eigenvalue weighted by atomic mass is 16.5. The molecule has 2 aromatic rings. The van der Waals surface area contributed by atoms with Crippen LogP contribution in [0.3, 0.4) is 0 Å². The predicted molar refractivity (Wildman–Crippen MR) is 76.6 cm³/mol. The van der Waals surface area contributed by atoms with Crippen LogP contribution in [-0.2, 0) is 6.54 Å². The number of aromatic nitrogens is 1. The van der Waals surface area contributed by atoms with Crippen molar-refractivity contribution in [3.8, 4) is 5.75 Å². The van der Waals surface area contributed by atoms with Crippen LogP contribution in [0.5, 0.6) is 5.75 Å². The van der Waals surface area contributed by atoms with Gasteiger partial charge in [0.2, 0.25) is 0 Å². The maximum Gasteiger partial charge on any atom is 0.133 e. The normalized spacial score (nSPS) is 19.4. The Labute approximate surface area is 119 Å². The summed E-state index contributed by atoms with van der Waals surface area (Å²) in [5.74, 6) is 1.79. The molecule has 0 aliphatic carbocycles. The third kappa shape index (κ3) is 2.70. The molecule has 3 rings (SSSR count). The average molecular weight is 272 g/mol. The highest BCUT2D eigenvalue weighted by Gasteiger charge is 2.28. The molecule has 0 unspecified atom stereocenters. The Morgan fingerprint density at radius 1 is 1.35 bits per heavy atom. The van der Waals surface area contributed by atoms with Crippen LogP contribution < -0.4 is 4.74 Å². The van der Waals surface area contributed by atoms with E-state index < -0.39 is 0 Å². The minimum absolute atomic E-state index is 0.384. The molecule has 0 radical (unpaired) electrons. The summed E-state index contributed by atoms with van der Waals surface area (Å²) in [5.41, 5.74) is 2.37. The lowest BCUT2D eigenvalue weighted by Crippen LogP contribution is -2.22. The van der Waals surface area contributed by atoms with E-state index in [0.29, 0.717) is 6.04 Å². The van der Waals surface area contributed by atoms with Gasteiger partial charge in [0.25, 0.3) is 0 Å². The Morgan fingerprint density at radius 2 is 2.15 bits per heavy atom. The van der Waals surface area contributed by atoms with Gasteiger partial charge < -0.3 is 9.26 Å². The zero-order valence-electron chi connectivity index (χ0n) is 12.0. The summed E-state index contributed by atoms with van der Waals surface area (Å²) < 4.78 is 10.4. The Balaban J connectivity index is 1.72. The molecule has 2 heterocycles. The summed E-state index contributed by atoms with van der Waals surface area (Å²) >= 11 is 0. The number of ether oxygens (including phenoxy) is 1. The fourth-order valence-corrected chi connectivity index (χ4v) is 2.86. The summed E-state index contributed by atoms with van der Waals surface area (Å²) in [4.78, 5) is 2.47. The first kappa shape index (κ1) is 13.2. The Hall–Kier alpha value is -1.81. The van der Waals surface area contributed by atoms with Crippen LogP contribution >= 0.6 is 0 Å². The fourth-order valence-electron chi connectivity index (χ4n) is 2.86. The van der Waals surface area contributed by atoms with Gasteiger partial charge in [0, 0.05) is 12.6 Å². The molecule has 1 aromatic heterocycles. The zero-order chi connectivity index (χ0) is 13.9. The fraction of sp³-hybridized carbons (Fsp3) is 0.438. The monoisotopic (exact) mass is 272 g/mol. The van der Waals surface area contributed by atoms with Crippen LogP contribution in [0.4, 0.5) is 0 Å². The lowest BCUT2D eigenvalue weighted by atomic mass is 10.1. The van der Waals surface area contributed by atoms with Crippen molar-refractivity contribution in [3.63, 3.8) is 0 Å². The first-order valence-corrected chi connectivity index (χ1v) is 7.06. The van der Waals surface area contributed by atoms with Gasteiger partial charge in [-0.2, -0.15) is 0 Å². The van der Waals surface area contributed by atoms with Gasteiger partial charge >= 0.3 is 0 Å². The molecule has 1 aliphatic heterocycles. The quantitative estimate of drug-likeness (QED) is 0.855. The molecule has 106 valence electrons. The summed E-state index contributed by atoms with van der Waals surface area (Å²) in [6.45, 7) is 4.00. The second-order valence-corrected chi connectivity index (χ2v) is 5.34. The summed E-state index contributed by atoms with van der Waals surface area (Å²) in [5, 5.41) is 4.18. The van der Waals surface area contributed by atoms with Crippen LogP contribution in [0.1, 0.15) is 35.9 Å². The molecule has 20 heavy (non-hydrogen) atoms. The van der Waals surface area contributed by atoms with Crippen molar-refractivity contribution in [1.29, 1.82) is 0 Å². The van der Waals surface area contributed by atoms with Gasteiger partial charge in [-0.1, -0.05) is 17.3 Å². The van der Waals surface area contributed by atoms with Gasteiger partial charge in [-0.3, -0.25) is 4.90 Å².